The fourth-order valence-electron chi connectivity index (χ4n) is 2.64. The number of thioether (sulfide) groups is 1. The summed E-state index contributed by atoms with van der Waals surface area (Å²) in [7, 11) is -3.81. The van der Waals surface area contributed by atoms with E-state index in [2.05, 4.69) is 0 Å². The Morgan fingerprint density at radius 3 is 2.06 bits per heavy atom. The van der Waals surface area contributed by atoms with Gasteiger partial charge in [0.05, 0.1) is 18.9 Å². The molecule has 0 aliphatic rings. The molecule has 0 spiro atoms. The van der Waals surface area contributed by atoms with Crippen molar-refractivity contribution in [2.75, 3.05) is 6.26 Å². The molecular weight excluding hydrogens is 527 g/mol. The number of halogens is 3. The maximum Gasteiger partial charge on any atom is 0.490 e. The Hall–Kier alpha value is -3.36. The number of amides is 1. The normalized spacial score (nSPS) is 11.3. The van der Waals surface area contributed by atoms with Gasteiger partial charge in [0.2, 0.25) is 15.7 Å². The zero-order valence-electron chi connectivity index (χ0n) is 17.8. The minimum atomic E-state index is -5.08. The number of primary amides is 1. The molecule has 0 fully saturated rings. The Labute approximate surface area is 206 Å². The van der Waals surface area contributed by atoms with Crippen LogP contribution >= 0.6 is 23.1 Å². The Bertz CT molecular complexity index is 1390. The minimum Gasteiger partial charge on any atom is -0.475 e. The summed E-state index contributed by atoms with van der Waals surface area (Å²) in [6.07, 6.45) is -3.31. The van der Waals surface area contributed by atoms with E-state index in [4.69, 9.17) is 26.8 Å². The van der Waals surface area contributed by atoms with E-state index in [9.17, 15) is 26.4 Å². The summed E-state index contributed by atoms with van der Waals surface area (Å²) in [6, 6.07) is 14.6. The Kier molecular flexibility index (Phi) is 8.70. The van der Waals surface area contributed by atoms with Gasteiger partial charge in [0.15, 0.2) is 0 Å². The molecule has 0 saturated carbocycles. The van der Waals surface area contributed by atoms with Crippen molar-refractivity contribution in [3.63, 3.8) is 0 Å². The van der Waals surface area contributed by atoms with Crippen LogP contribution in [0, 0.1) is 5.41 Å². The van der Waals surface area contributed by atoms with Crippen molar-refractivity contribution >= 4 is 50.6 Å². The molecule has 3 rings (SSSR count). The molecule has 1 aromatic heterocycles. The first-order valence-electron chi connectivity index (χ1n) is 9.26. The molecule has 3 aromatic rings. The van der Waals surface area contributed by atoms with Gasteiger partial charge in [0, 0.05) is 5.56 Å². The molecule has 1 amide bonds. The number of carboxylic acids is 1. The minimum absolute atomic E-state index is 0.123. The smallest absolute Gasteiger partial charge is 0.475 e. The van der Waals surface area contributed by atoms with Crippen molar-refractivity contribution in [2.45, 2.75) is 20.2 Å². The number of carbonyl (C=O) groups is 2. The van der Waals surface area contributed by atoms with Crippen LogP contribution in [0.15, 0.2) is 68.6 Å². The first-order valence-corrected chi connectivity index (χ1v) is 12.8. The molecule has 0 saturated heterocycles. The second-order valence-electron chi connectivity index (χ2n) is 6.66. The van der Waals surface area contributed by atoms with E-state index in [1.54, 1.807) is 48.7 Å². The average Bonchev–Trinajstić information content (AvgIpc) is 3.25. The number of carbonyl (C=O) groups excluding carboxylic acids is 1. The van der Waals surface area contributed by atoms with Crippen LogP contribution in [0.3, 0.4) is 0 Å². The lowest BCUT2D eigenvalue weighted by Crippen LogP contribution is -2.21. The number of aliphatic carboxylic acids is 1. The molecule has 8 nitrogen and oxygen atoms in total. The van der Waals surface area contributed by atoms with Crippen LogP contribution < -0.4 is 11.5 Å². The van der Waals surface area contributed by atoms with Crippen LogP contribution in [-0.2, 0) is 14.6 Å². The molecule has 0 atom stereocenters. The highest BCUT2D eigenvalue weighted by Crippen LogP contribution is 2.37. The van der Waals surface area contributed by atoms with Gasteiger partial charge in [-0.05, 0) is 47.7 Å². The van der Waals surface area contributed by atoms with Gasteiger partial charge in [0.25, 0.3) is 0 Å². The fraction of sp³-hybridized carbons (Fsp3) is 0.0952. The maximum atomic E-state index is 13.2. The molecule has 1 heterocycles. The van der Waals surface area contributed by atoms with Gasteiger partial charge in [-0.2, -0.15) is 13.2 Å². The number of amidine groups is 1. The number of nitrogens with one attached hydrogen (secondary N) is 1. The summed E-state index contributed by atoms with van der Waals surface area (Å²) in [6.45, 7) is 0. The average molecular weight is 546 g/mol. The fourth-order valence-corrected chi connectivity index (χ4v) is 6.54. The Balaban J connectivity index is 0.000000540. The van der Waals surface area contributed by atoms with E-state index in [0.717, 1.165) is 0 Å². The third-order valence-corrected chi connectivity index (χ3v) is 8.61. The van der Waals surface area contributed by atoms with Crippen molar-refractivity contribution in [3.8, 4) is 11.1 Å². The summed E-state index contributed by atoms with van der Waals surface area (Å²) in [5, 5.41) is 14.7. The summed E-state index contributed by atoms with van der Waals surface area (Å²) in [4.78, 5) is 21.0. The van der Waals surface area contributed by atoms with E-state index in [1.807, 2.05) is 0 Å². The lowest BCUT2D eigenvalue weighted by molar-refractivity contribution is -0.192. The number of benzene rings is 2. The van der Waals surface area contributed by atoms with Crippen LogP contribution in [0.1, 0.15) is 15.2 Å². The SMILES string of the molecule is CSc1sc(C(=N)N)cc1S(=O)(=O)c1cccc(-c2cccc(C(N)=O)c2)c1.O=C(O)C(F)(F)F. The number of hydrogen-bond acceptors (Lipinski definition) is 7. The molecule has 6 N–H and O–H groups in total. The maximum absolute atomic E-state index is 13.2. The lowest BCUT2D eigenvalue weighted by Gasteiger charge is -2.08. The number of hydrogen-bond donors (Lipinski definition) is 4. The van der Waals surface area contributed by atoms with Crippen LogP contribution in [-0.4, -0.2) is 43.7 Å². The van der Waals surface area contributed by atoms with Crippen molar-refractivity contribution < 1.29 is 36.3 Å². The van der Waals surface area contributed by atoms with Gasteiger partial charge >= 0.3 is 12.1 Å². The van der Waals surface area contributed by atoms with Crippen LogP contribution in [0.2, 0.25) is 0 Å². The Morgan fingerprint density at radius 2 is 1.57 bits per heavy atom. The van der Waals surface area contributed by atoms with Gasteiger partial charge in [-0.1, -0.05) is 24.3 Å². The highest BCUT2D eigenvalue weighted by Gasteiger charge is 2.38. The quantitative estimate of drug-likeness (QED) is 0.207. The molecule has 0 radical (unpaired) electrons. The number of sulfone groups is 1. The molecule has 0 aliphatic carbocycles. The highest BCUT2D eigenvalue weighted by atomic mass is 32.2. The predicted octanol–water partition coefficient (Wildman–Crippen LogP) is 3.99. The van der Waals surface area contributed by atoms with E-state index < -0.39 is 27.9 Å². The predicted molar refractivity (Wildman–Crippen MR) is 127 cm³/mol. The second kappa shape index (κ2) is 10.9. The van der Waals surface area contributed by atoms with Crippen LogP contribution in [0.4, 0.5) is 13.2 Å². The van der Waals surface area contributed by atoms with Crippen molar-refractivity contribution in [2.24, 2.45) is 11.5 Å². The lowest BCUT2D eigenvalue weighted by atomic mass is 10.0. The molecule has 0 bridgehead atoms. The molecule has 0 aliphatic heterocycles. The summed E-state index contributed by atoms with van der Waals surface area (Å²) < 4.78 is 58.7. The highest BCUT2D eigenvalue weighted by molar-refractivity contribution is 8.01. The molecule has 2 aromatic carbocycles. The van der Waals surface area contributed by atoms with E-state index in [0.29, 0.717) is 25.8 Å². The first kappa shape index (κ1) is 27.9. The monoisotopic (exact) mass is 545 g/mol. The van der Waals surface area contributed by atoms with E-state index >= 15 is 0 Å². The van der Waals surface area contributed by atoms with Gasteiger partial charge in [0.1, 0.15) is 5.84 Å². The standard InChI is InChI=1S/C19H17N3O3S3.C2HF3O2/c1-26-19-16(10-15(27-19)17(20)21)28(24,25)14-7-3-5-12(9-14)11-4-2-6-13(8-11)18(22)23;3-2(4,5)1(6)7/h2-10H,1H3,(H3,20,21)(H2,22,23);(H,6,7). The largest absolute Gasteiger partial charge is 0.490 e. The number of nitrogen functional groups attached to an aromatic ring is 1. The van der Waals surface area contributed by atoms with Gasteiger partial charge in [-0.25, -0.2) is 13.2 Å². The Morgan fingerprint density at radius 1 is 1.03 bits per heavy atom. The number of carboxylic acid groups (broad SMARTS) is 1. The van der Waals surface area contributed by atoms with Crippen LogP contribution in [0.25, 0.3) is 11.1 Å². The topological polar surface area (TPSA) is 164 Å². The molecule has 35 heavy (non-hydrogen) atoms. The zero-order valence-corrected chi connectivity index (χ0v) is 20.2. The van der Waals surface area contributed by atoms with Crippen molar-refractivity contribution in [1.82, 2.24) is 0 Å². The first-order chi connectivity index (χ1) is 16.2. The number of alkyl halides is 3. The van der Waals surface area contributed by atoms with Crippen LogP contribution in [0.5, 0.6) is 0 Å². The van der Waals surface area contributed by atoms with E-state index in [1.165, 1.54) is 35.2 Å². The van der Waals surface area contributed by atoms with Crippen molar-refractivity contribution in [1.29, 1.82) is 5.41 Å². The molecule has 14 heteroatoms. The number of thiophene rings is 1. The zero-order chi connectivity index (χ0) is 26.6. The summed E-state index contributed by atoms with van der Waals surface area (Å²) in [5.41, 5.74) is 12.5. The molecule has 186 valence electrons. The summed E-state index contributed by atoms with van der Waals surface area (Å²) >= 11 is 2.47. The summed E-state index contributed by atoms with van der Waals surface area (Å²) in [5.74, 6) is -3.48. The van der Waals surface area contributed by atoms with Gasteiger partial charge in [-0.3, -0.25) is 10.2 Å². The second-order valence-corrected chi connectivity index (χ2v) is 10.7. The third-order valence-electron chi connectivity index (χ3n) is 4.27. The number of rotatable bonds is 6. The number of nitrogens with two attached hydrogens (primary N) is 2. The van der Waals surface area contributed by atoms with Crippen molar-refractivity contribution in [3.05, 3.63) is 65.0 Å². The van der Waals surface area contributed by atoms with Gasteiger partial charge < -0.3 is 16.6 Å². The van der Waals surface area contributed by atoms with E-state index in [-0.39, 0.29) is 15.6 Å². The molecular formula is C21H18F3N3O5S3. The van der Waals surface area contributed by atoms with Gasteiger partial charge in [-0.15, -0.1) is 23.1 Å². The molecule has 0 unspecified atom stereocenters. The third kappa shape index (κ3) is 6.83.